The van der Waals surface area contributed by atoms with Crippen LogP contribution in [0.3, 0.4) is 0 Å². The average molecular weight is 248 g/mol. The van der Waals surface area contributed by atoms with E-state index in [0.29, 0.717) is 23.2 Å². The van der Waals surface area contributed by atoms with Gasteiger partial charge in [0.05, 0.1) is 0 Å². The van der Waals surface area contributed by atoms with E-state index in [2.05, 4.69) is 23.7 Å². The van der Waals surface area contributed by atoms with Crippen LogP contribution in [-0.4, -0.2) is 29.1 Å². The number of aromatic nitrogens is 1. The zero-order valence-corrected chi connectivity index (χ0v) is 11.2. The molecule has 1 saturated heterocycles. The van der Waals surface area contributed by atoms with Crippen LogP contribution in [0.1, 0.15) is 36.2 Å². The van der Waals surface area contributed by atoms with Crippen LogP contribution >= 0.6 is 0 Å². The monoisotopic (exact) mass is 248 g/mol. The van der Waals surface area contributed by atoms with Crippen molar-refractivity contribution in [3.05, 3.63) is 23.4 Å². The van der Waals surface area contributed by atoms with Gasteiger partial charge in [0, 0.05) is 19.3 Å². The van der Waals surface area contributed by atoms with E-state index in [1.165, 1.54) is 0 Å². The molecule has 2 rings (SSSR count). The number of carboxylic acid groups (broad SMARTS) is 1. The minimum absolute atomic E-state index is 0.349. The molecule has 0 amide bonds. The number of nitrogens with zero attached hydrogens (tertiary/aromatic N) is 2. The molecule has 0 aliphatic carbocycles. The van der Waals surface area contributed by atoms with Crippen LogP contribution in [-0.2, 0) is 0 Å². The molecule has 1 atom stereocenters. The molecule has 1 fully saturated rings. The number of rotatable bonds is 3. The second-order valence-electron chi connectivity index (χ2n) is 5.37. The number of hydrogen-bond donors (Lipinski definition) is 1. The second-order valence-corrected chi connectivity index (χ2v) is 5.37. The summed E-state index contributed by atoms with van der Waals surface area (Å²) in [6.45, 7) is 8.07. The van der Waals surface area contributed by atoms with Gasteiger partial charge < -0.3 is 10.0 Å². The minimum atomic E-state index is -0.886. The van der Waals surface area contributed by atoms with Crippen LogP contribution in [0.5, 0.6) is 0 Å². The Balaban J connectivity index is 2.30. The van der Waals surface area contributed by atoms with Gasteiger partial charge in [0.2, 0.25) is 0 Å². The molecule has 0 saturated carbocycles. The average Bonchev–Trinajstić information content (AvgIpc) is 2.77. The summed E-state index contributed by atoms with van der Waals surface area (Å²) in [5.41, 5.74) is 1.13. The summed E-state index contributed by atoms with van der Waals surface area (Å²) >= 11 is 0. The third kappa shape index (κ3) is 2.33. The molecule has 98 valence electrons. The highest BCUT2D eigenvalue weighted by Gasteiger charge is 2.28. The molecule has 4 heteroatoms. The second kappa shape index (κ2) is 4.96. The van der Waals surface area contributed by atoms with E-state index in [4.69, 9.17) is 0 Å². The molecule has 1 aromatic rings. The number of carbonyl (C=O) groups is 1. The predicted octanol–water partition coefficient (Wildman–Crippen LogP) is 2.57. The van der Waals surface area contributed by atoms with E-state index >= 15 is 0 Å². The Morgan fingerprint density at radius 1 is 1.56 bits per heavy atom. The first kappa shape index (κ1) is 12.9. The summed E-state index contributed by atoms with van der Waals surface area (Å²) in [4.78, 5) is 17.7. The van der Waals surface area contributed by atoms with E-state index in [1.807, 2.05) is 6.92 Å². The Bertz CT molecular complexity index is 457. The van der Waals surface area contributed by atoms with Gasteiger partial charge in [0.15, 0.2) is 0 Å². The van der Waals surface area contributed by atoms with Gasteiger partial charge in [-0.2, -0.15) is 0 Å². The zero-order valence-electron chi connectivity index (χ0n) is 11.2. The SMILES string of the molecule is Cc1ccnc(N2CCC(C(C)C)C2)c1C(=O)O. The van der Waals surface area contributed by atoms with Crippen LogP contribution in [0, 0.1) is 18.8 Å². The number of pyridine rings is 1. The van der Waals surface area contributed by atoms with Gasteiger partial charge in [-0.05, 0) is 36.8 Å². The topological polar surface area (TPSA) is 53.4 Å². The van der Waals surface area contributed by atoms with Gasteiger partial charge in [-0.25, -0.2) is 9.78 Å². The Morgan fingerprint density at radius 3 is 2.83 bits per heavy atom. The fourth-order valence-electron chi connectivity index (χ4n) is 2.57. The number of anilines is 1. The van der Waals surface area contributed by atoms with E-state index in [0.717, 1.165) is 25.1 Å². The molecule has 4 nitrogen and oxygen atoms in total. The lowest BCUT2D eigenvalue weighted by atomic mass is 9.95. The molecular formula is C14H20N2O2. The van der Waals surface area contributed by atoms with Crippen LogP contribution in [0.4, 0.5) is 5.82 Å². The molecule has 0 aromatic carbocycles. The Labute approximate surface area is 108 Å². The van der Waals surface area contributed by atoms with Gasteiger partial charge in [0.25, 0.3) is 0 Å². The number of hydrogen-bond acceptors (Lipinski definition) is 3. The quantitative estimate of drug-likeness (QED) is 0.893. The van der Waals surface area contributed by atoms with Crippen LogP contribution < -0.4 is 4.90 Å². The van der Waals surface area contributed by atoms with Crippen molar-refractivity contribution in [2.75, 3.05) is 18.0 Å². The molecule has 1 N–H and O–H groups in total. The van der Waals surface area contributed by atoms with Crippen molar-refractivity contribution in [3.8, 4) is 0 Å². The first-order chi connectivity index (χ1) is 8.50. The lowest BCUT2D eigenvalue weighted by molar-refractivity contribution is 0.0696. The number of carboxylic acids is 1. The third-order valence-corrected chi connectivity index (χ3v) is 3.82. The largest absolute Gasteiger partial charge is 0.478 e. The van der Waals surface area contributed by atoms with Crippen molar-refractivity contribution in [1.29, 1.82) is 0 Å². The zero-order chi connectivity index (χ0) is 13.3. The first-order valence-electron chi connectivity index (χ1n) is 6.44. The smallest absolute Gasteiger partial charge is 0.339 e. The minimum Gasteiger partial charge on any atom is -0.478 e. The predicted molar refractivity (Wildman–Crippen MR) is 71.1 cm³/mol. The fraction of sp³-hybridized carbons (Fsp3) is 0.571. The summed E-state index contributed by atoms with van der Waals surface area (Å²) in [7, 11) is 0. The van der Waals surface area contributed by atoms with Gasteiger partial charge in [-0.15, -0.1) is 0 Å². The first-order valence-corrected chi connectivity index (χ1v) is 6.44. The van der Waals surface area contributed by atoms with E-state index < -0.39 is 5.97 Å². The molecular weight excluding hydrogens is 228 g/mol. The molecule has 1 unspecified atom stereocenters. The maximum atomic E-state index is 11.3. The van der Waals surface area contributed by atoms with Gasteiger partial charge in [-0.1, -0.05) is 13.8 Å². The molecule has 2 heterocycles. The van der Waals surface area contributed by atoms with Crippen molar-refractivity contribution in [2.45, 2.75) is 27.2 Å². The molecule has 1 aromatic heterocycles. The van der Waals surface area contributed by atoms with Crippen molar-refractivity contribution in [3.63, 3.8) is 0 Å². The number of aryl methyl sites for hydroxylation is 1. The summed E-state index contributed by atoms with van der Waals surface area (Å²) in [6, 6.07) is 1.75. The maximum Gasteiger partial charge on any atom is 0.339 e. The van der Waals surface area contributed by atoms with Crippen molar-refractivity contribution >= 4 is 11.8 Å². The van der Waals surface area contributed by atoms with E-state index in [1.54, 1.807) is 12.3 Å². The standard InChI is InChI=1S/C14H20N2O2/c1-9(2)11-5-7-16(8-11)13-12(14(17)18)10(3)4-6-15-13/h4,6,9,11H,5,7-8H2,1-3H3,(H,17,18). The van der Waals surface area contributed by atoms with Gasteiger partial charge in [0.1, 0.15) is 11.4 Å². The highest BCUT2D eigenvalue weighted by atomic mass is 16.4. The van der Waals surface area contributed by atoms with Crippen LogP contribution in [0.15, 0.2) is 12.3 Å². The molecule has 0 spiro atoms. The van der Waals surface area contributed by atoms with Crippen LogP contribution in [0.25, 0.3) is 0 Å². The summed E-state index contributed by atoms with van der Waals surface area (Å²) in [5.74, 6) is 1.01. The third-order valence-electron chi connectivity index (χ3n) is 3.82. The van der Waals surface area contributed by atoms with Crippen LogP contribution in [0.2, 0.25) is 0 Å². The molecule has 1 aliphatic rings. The van der Waals surface area contributed by atoms with Gasteiger partial charge >= 0.3 is 5.97 Å². The highest BCUT2D eigenvalue weighted by Crippen LogP contribution is 2.30. The lowest BCUT2D eigenvalue weighted by Crippen LogP contribution is -2.25. The summed E-state index contributed by atoms with van der Waals surface area (Å²) < 4.78 is 0. The molecule has 18 heavy (non-hydrogen) atoms. The summed E-state index contributed by atoms with van der Waals surface area (Å²) in [5, 5.41) is 9.32. The van der Waals surface area contributed by atoms with Crippen molar-refractivity contribution in [1.82, 2.24) is 4.98 Å². The molecule has 0 radical (unpaired) electrons. The lowest BCUT2D eigenvalue weighted by Gasteiger charge is -2.21. The Morgan fingerprint density at radius 2 is 2.28 bits per heavy atom. The van der Waals surface area contributed by atoms with Crippen molar-refractivity contribution in [2.24, 2.45) is 11.8 Å². The molecule has 0 bridgehead atoms. The maximum absolute atomic E-state index is 11.3. The number of aromatic carboxylic acids is 1. The summed E-state index contributed by atoms with van der Waals surface area (Å²) in [6.07, 6.45) is 2.81. The molecule has 1 aliphatic heterocycles. The van der Waals surface area contributed by atoms with Gasteiger partial charge in [-0.3, -0.25) is 0 Å². The normalized spacial score (nSPS) is 19.6. The van der Waals surface area contributed by atoms with E-state index in [9.17, 15) is 9.90 Å². The Kier molecular flexibility index (Phi) is 3.55. The van der Waals surface area contributed by atoms with E-state index in [-0.39, 0.29) is 0 Å². The van der Waals surface area contributed by atoms with Crippen molar-refractivity contribution < 1.29 is 9.90 Å². The fourth-order valence-corrected chi connectivity index (χ4v) is 2.57. The Hall–Kier alpha value is -1.58. The highest BCUT2D eigenvalue weighted by molar-refractivity contribution is 5.95.